The summed E-state index contributed by atoms with van der Waals surface area (Å²) in [5.74, 6) is 5.68. The Hall–Kier alpha value is -3.61. The Morgan fingerprint density at radius 2 is 1.33 bits per heavy atom. The predicted molar refractivity (Wildman–Crippen MR) is 120 cm³/mol. The van der Waals surface area contributed by atoms with Crippen molar-refractivity contribution in [1.82, 2.24) is 0 Å². The molecule has 0 heterocycles. The molecule has 4 aromatic carbocycles. The van der Waals surface area contributed by atoms with Crippen molar-refractivity contribution in [2.24, 2.45) is 0 Å². The van der Waals surface area contributed by atoms with Crippen molar-refractivity contribution in [1.29, 1.82) is 0 Å². The zero-order valence-corrected chi connectivity index (χ0v) is 17.0. The molecule has 0 aromatic heterocycles. The second-order valence-electron chi connectivity index (χ2n) is 7.71. The molecule has 4 rings (SSSR count). The summed E-state index contributed by atoms with van der Waals surface area (Å²) in [5.41, 5.74) is 1.15. The standard InChI is InChI=1S/C27H22O3/c1-27(2,29)17-16-22-20-12-6-8-14-23(20)25(24-15-9-7-13-21(22)24)26(28)30-18-19-10-4-3-5-11-19/h3-15,29H,18H2,1-2H3. The molecule has 0 amide bonds. The van der Waals surface area contributed by atoms with E-state index >= 15 is 0 Å². The van der Waals surface area contributed by atoms with Gasteiger partial charge in [0.2, 0.25) is 0 Å². The molecule has 0 saturated heterocycles. The van der Waals surface area contributed by atoms with Crippen LogP contribution in [0.2, 0.25) is 0 Å². The number of aliphatic hydroxyl groups is 1. The highest BCUT2D eigenvalue weighted by Crippen LogP contribution is 2.33. The van der Waals surface area contributed by atoms with Crippen LogP contribution in [0.3, 0.4) is 0 Å². The number of carbonyl (C=O) groups is 1. The first-order chi connectivity index (χ1) is 14.4. The lowest BCUT2D eigenvalue weighted by atomic mass is 9.91. The quantitative estimate of drug-likeness (QED) is 0.285. The van der Waals surface area contributed by atoms with E-state index in [1.807, 2.05) is 78.9 Å². The Kier molecular flexibility index (Phi) is 5.27. The number of carbonyl (C=O) groups excluding carboxylic acids is 1. The van der Waals surface area contributed by atoms with Gasteiger partial charge in [0.05, 0.1) is 5.56 Å². The summed E-state index contributed by atoms with van der Waals surface area (Å²) in [4.78, 5) is 13.2. The lowest BCUT2D eigenvalue weighted by Gasteiger charge is -2.14. The SMILES string of the molecule is CC(C)(O)C#Cc1c2ccccc2c(C(=O)OCc2ccccc2)c2ccccc12. The van der Waals surface area contributed by atoms with Gasteiger partial charge in [0.1, 0.15) is 12.2 Å². The second-order valence-corrected chi connectivity index (χ2v) is 7.71. The van der Waals surface area contributed by atoms with Gasteiger partial charge in [-0.15, -0.1) is 0 Å². The summed E-state index contributed by atoms with van der Waals surface area (Å²) in [6.45, 7) is 3.52. The molecule has 0 fully saturated rings. The maximum absolute atomic E-state index is 13.2. The van der Waals surface area contributed by atoms with Gasteiger partial charge in [0, 0.05) is 5.56 Å². The summed E-state index contributed by atoms with van der Waals surface area (Å²) < 4.78 is 5.67. The fourth-order valence-corrected chi connectivity index (χ4v) is 3.49. The molecule has 0 aliphatic heterocycles. The van der Waals surface area contributed by atoms with Crippen LogP contribution < -0.4 is 0 Å². The second kappa shape index (κ2) is 8.02. The minimum absolute atomic E-state index is 0.211. The highest BCUT2D eigenvalue weighted by atomic mass is 16.5. The smallest absolute Gasteiger partial charge is 0.339 e. The van der Waals surface area contributed by atoms with E-state index in [0.29, 0.717) is 5.56 Å². The summed E-state index contributed by atoms with van der Waals surface area (Å²) >= 11 is 0. The van der Waals surface area contributed by atoms with Crippen molar-refractivity contribution < 1.29 is 14.6 Å². The lowest BCUT2D eigenvalue weighted by Crippen LogP contribution is -2.14. The Bertz CT molecular complexity index is 1230. The Morgan fingerprint density at radius 3 is 1.87 bits per heavy atom. The number of ether oxygens (including phenoxy) is 1. The monoisotopic (exact) mass is 394 g/mol. The third kappa shape index (κ3) is 4.05. The number of benzene rings is 4. The fourth-order valence-electron chi connectivity index (χ4n) is 3.49. The van der Waals surface area contributed by atoms with E-state index in [2.05, 4.69) is 11.8 Å². The Morgan fingerprint density at radius 1 is 0.833 bits per heavy atom. The van der Waals surface area contributed by atoms with Crippen LogP contribution in [0.15, 0.2) is 78.9 Å². The van der Waals surface area contributed by atoms with Crippen LogP contribution in [0, 0.1) is 11.8 Å². The van der Waals surface area contributed by atoms with E-state index in [1.54, 1.807) is 13.8 Å². The molecule has 0 radical (unpaired) electrons. The van der Waals surface area contributed by atoms with Crippen molar-refractivity contribution >= 4 is 27.5 Å². The first-order valence-electron chi connectivity index (χ1n) is 9.84. The number of esters is 1. The van der Waals surface area contributed by atoms with Crippen LogP contribution >= 0.6 is 0 Å². The molecule has 0 bridgehead atoms. The molecule has 3 heteroatoms. The van der Waals surface area contributed by atoms with Crippen molar-refractivity contribution in [3.63, 3.8) is 0 Å². The molecule has 3 nitrogen and oxygen atoms in total. The van der Waals surface area contributed by atoms with Crippen LogP contribution in [0.1, 0.15) is 35.3 Å². The van der Waals surface area contributed by atoms with Crippen LogP contribution in [0.4, 0.5) is 0 Å². The maximum atomic E-state index is 13.2. The number of hydrogen-bond acceptors (Lipinski definition) is 3. The van der Waals surface area contributed by atoms with Gasteiger partial charge in [0.15, 0.2) is 0 Å². The van der Waals surface area contributed by atoms with E-state index in [0.717, 1.165) is 32.7 Å². The number of hydrogen-bond donors (Lipinski definition) is 1. The van der Waals surface area contributed by atoms with E-state index in [-0.39, 0.29) is 12.6 Å². The molecular weight excluding hydrogens is 372 g/mol. The molecule has 0 saturated carbocycles. The molecule has 0 spiro atoms. The Balaban J connectivity index is 1.89. The van der Waals surface area contributed by atoms with E-state index in [4.69, 9.17) is 4.74 Å². The molecule has 0 atom stereocenters. The van der Waals surface area contributed by atoms with Gasteiger partial charge in [-0.1, -0.05) is 90.7 Å². The average Bonchev–Trinajstić information content (AvgIpc) is 2.75. The number of rotatable bonds is 3. The van der Waals surface area contributed by atoms with Crippen molar-refractivity contribution in [3.05, 3.63) is 95.6 Å². The van der Waals surface area contributed by atoms with Crippen molar-refractivity contribution in [3.8, 4) is 11.8 Å². The highest BCUT2D eigenvalue weighted by molar-refractivity contribution is 6.19. The largest absolute Gasteiger partial charge is 0.457 e. The van der Waals surface area contributed by atoms with Gasteiger partial charge < -0.3 is 9.84 Å². The minimum atomic E-state index is -1.12. The van der Waals surface area contributed by atoms with Gasteiger partial charge >= 0.3 is 5.97 Å². The third-order valence-corrected chi connectivity index (χ3v) is 4.84. The molecule has 30 heavy (non-hydrogen) atoms. The maximum Gasteiger partial charge on any atom is 0.339 e. The van der Waals surface area contributed by atoms with Gasteiger partial charge in [-0.05, 0) is 41.0 Å². The average molecular weight is 394 g/mol. The first kappa shape index (κ1) is 19.7. The topological polar surface area (TPSA) is 46.5 Å². The van der Waals surface area contributed by atoms with Gasteiger partial charge in [0.25, 0.3) is 0 Å². The molecule has 0 aliphatic carbocycles. The Labute approximate surface area is 175 Å². The van der Waals surface area contributed by atoms with Crippen molar-refractivity contribution in [2.45, 2.75) is 26.1 Å². The lowest BCUT2D eigenvalue weighted by molar-refractivity contribution is 0.0477. The number of fused-ring (bicyclic) bond motifs is 2. The predicted octanol–water partition coefficient (Wildman–Crippen LogP) is 5.47. The summed E-state index contributed by atoms with van der Waals surface area (Å²) in [6.07, 6.45) is 0. The first-order valence-corrected chi connectivity index (χ1v) is 9.84. The van der Waals surface area contributed by atoms with Crippen LogP contribution in [0.25, 0.3) is 21.5 Å². The highest BCUT2D eigenvalue weighted by Gasteiger charge is 2.19. The van der Waals surface area contributed by atoms with Crippen LogP contribution in [-0.4, -0.2) is 16.7 Å². The normalized spacial score (nSPS) is 11.2. The molecular formula is C27H22O3. The van der Waals surface area contributed by atoms with Gasteiger partial charge in [-0.3, -0.25) is 0 Å². The van der Waals surface area contributed by atoms with Gasteiger partial charge in [-0.2, -0.15) is 0 Å². The third-order valence-electron chi connectivity index (χ3n) is 4.84. The molecule has 0 aliphatic rings. The molecule has 0 unspecified atom stereocenters. The summed E-state index contributed by atoms with van der Waals surface area (Å²) in [6, 6.07) is 25.0. The van der Waals surface area contributed by atoms with E-state index < -0.39 is 5.60 Å². The van der Waals surface area contributed by atoms with Gasteiger partial charge in [-0.25, -0.2) is 4.79 Å². The zero-order chi connectivity index (χ0) is 21.1. The van der Waals surface area contributed by atoms with Crippen LogP contribution in [0.5, 0.6) is 0 Å². The molecule has 4 aromatic rings. The zero-order valence-electron chi connectivity index (χ0n) is 17.0. The minimum Gasteiger partial charge on any atom is -0.457 e. The molecule has 148 valence electrons. The van der Waals surface area contributed by atoms with E-state index in [1.165, 1.54) is 0 Å². The van der Waals surface area contributed by atoms with Crippen molar-refractivity contribution in [2.75, 3.05) is 0 Å². The summed E-state index contributed by atoms with van der Waals surface area (Å²) in [5, 5.41) is 13.4. The fraction of sp³-hybridized carbons (Fsp3) is 0.148. The summed E-state index contributed by atoms with van der Waals surface area (Å²) in [7, 11) is 0. The van der Waals surface area contributed by atoms with Crippen LogP contribution in [-0.2, 0) is 11.3 Å². The van der Waals surface area contributed by atoms with E-state index in [9.17, 15) is 9.90 Å². The molecule has 1 N–H and O–H groups in total.